The van der Waals surface area contributed by atoms with E-state index in [-0.39, 0.29) is 10.8 Å². The number of nitrogens with one attached hydrogen (secondary N) is 1. The largest absolute Gasteiger partial charge is 0.391 e. The van der Waals surface area contributed by atoms with Gasteiger partial charge in [0.2, 0.25) is 10.0 Å². The monoisotopic (exact) mass is 442 g/mol. The molecule has 0 saturated heterocycles. The molecule has 7 nitrogen and oxygen atoms in total. The summed E-state index contributed by atoms with van der Waals surface area (Å²) in [6.07, 6.45) is 5.80. The highest BCUT2D eigenvalue weighted by atomic mass is 32.2. The average Bonchev–Trinajstić information content (AvgIpc) is 3.42. The summed E-state index contributed by atoms with van der Waals surface area (Å²) in [5.74, 6) is 1.01. The van der Waals surface area contributed by atoms with Crippen molar-refractivity contribution >= 4 is 21.1 Å². The summed E-state index contributed by atoms with van der Waals surface area (Å²) >= 11 is 0. The Labute approximate surface area is 183 Å². The van der Waals surface area contributed by atoms with E-state index in [2.05, 4.69) is 15.0 Å². The number of aliphatic hydroxyl groups is 1. The minimum atomic E-state index is -3.69. The second-order valence-electron chi connectivity index (χ2n) is 8.59. The number of pyridine rings is 1. The van der Waals surface area contributed by atoms with Gasteiger partial charge in [0.15, 0.2) is 0 Å². The van der Waals surface area contributed by atoms with E-state index in [1.165, 1.54) is 4.31 Å². The SMILES string of the molecule is Cc1nc2c(Cc3ccc(S(=O)(=O)N(C)[C@@H](C)C(O)C4CCCC4)cc3)nccc2[nH]1. The molecule has 1 saturated carbocycles. The Balaban J connectivity index is 1.51. The molecule has 1 unspecified atom stereocenters. The van der Waals surface area contributed by atoms with Crippen molar-refractivity contribution in [2.45, 2.75) is 63.0 Å². The van der Waals surface area contributed by atoms with Crippen molar-refractivity contribution in [3.05, 3.63) is 53.6 Å². The molecule has 0 bridgehead atoms. The minimum Gasteiger partial charge on any atom is -0.391 e. The molecule has 2 aromatic heterocycles. The number of benzene rings is 1. The fourth-order valence-electron chi connectivity index (χ4n) is 4.51. The van der Waals surface area contributed by atoms with Gasteiger partial charge < -0.3 is 10.1 Å². The Bertz CT molecular complexity index is 1150. The molecule has 0 aliphatic heterocycles. The van der Waals surface area contributed by atoms with Crippen LogP contribution in [0, 0.1) is 12.8 Å². The van der Waals surface area contributed by atoms with Crippen LogP contribution in [0.5, 0.6) is 0 Å². The van der Waals surface area contributed by atoms with Crippen molar-refractivity contribution in [2.24, 2.45) is 5.92 Å². The van der Waals surface area contributed by atoms with Crippen molar-refractivity contribution in [1.82, 2.24) is 19.3 Å². The smallest absolute Gasteiger partial charge is 0.243 e. The molecule has 31 heavy (non-hydrogen) atoms. The highest BCUT2D eigenvalue weighted by molar-refractivity contribution is 7.89. The van der Waals surface area contributed by atoms with Crippen molar-refractivity contribution in [1.29, 1.82) is 0 Å². The second-order valence-corrected chi connectivity index (χ2v) is 10.6. The number of likely N-dealkylation sites (N-methyl/N-ethyl adjacent to an activating group) is 1. The summed E-state index contributed by atoms with van der Waals surface area (Å²) in [6, 6.07) is 8.32. The van der Waals surface area contributed by atoms with Crippen molar-refractivity contribution < 1.29 is 13.5 Å². The number of nitrogens with zero attached hydrogens (tertiary/aromatic N) is 3. The quantitative estimate of drug-likeness (QED) is 0.584. The van der Waals surface area contributed by atoms with E-state index in [0.29, 0.717) is 6.42 Å². The van der Waals surface area contributed by atoms with Crippen LogP contribution in [0.4, 0.5) is 0 Å². The van der Waals surface area contributed by atoms with Gasteiger partial charge in [-0.1, -0.05) is 25.0 Å². The molecule has 0 radical (unpaired) electrons. The van der Waals surface area contributed by atoms with Gasteiger partial charge in [0.05, 0.1) is 22.2 Å². The maximum atomic E-state index is 13.1. The van der Waals surface area contributed by atoms with E-state index < -0.39 is 22.2 Å². The van der Waals surface area contributed by atoms with E-state index in [4.69, 9.17) is 0 Å². The van der Waals surface area contributed by atoms with Crippen LogP contribution in [0.1, 0.15) is 49.7 Å². The summed E-state index contributed by atoms with van der Waals surface area (Å²) in [7, 11) is -2.14. The number of H-pyrrole nitrogens is 1. The fourth-order valence-corrected chi connectivity index (χ4v) is 5.88. The summed E-state index contributed by atoms with van der Waals surface area (Å²) in [5.41, 5.74) is 3.59. The minimum absolute atomic E-state index is 0.177. The van der Waals surface area contributed by atoms with E-state index in [1.54, 1.807) is 32.3 Å². The van der Waals surface area contributed by atoms with E-state index in [0.717, 1.165) is 53.8 Å². The summed E-state index contributed by atoms with van der Waals surface area (Å²) in [5, 5.41) is 10.7. The number of aliphatic hydroxyl groups excluding tert-OH is 1. The molecule has 1 aliphatic carbocycles. The van der Waals surface area contributed by atoms with Crippen molar-refractivity contribution in [2.75, 3.05) is 7.05 Å². The fraction of sp³-hybridized carbons (Fsp3) is 0.478. The zero-order valence-corrected chi connectivity index (χ0v) is 19.1. The predicted octanol–water partition coefficient (Wildman–Crippen LogP) is 3.42. The number of rotatable bonds is 7. The number of aromatic nitrogens is 3. The molecule has 0 amide bonds. The van der Waals surface area contributed by atoms with Crippen molar-refractivity contribution in [3.8, 4) is 0 Å². The van der Waals surface area contributed by atoms with E-state index >= 15 is 0 Å². The van der Waals surface area contributed by atoms with Crippen LogP contribution in [0.25, 0.3) is 11.0 Å². The normalized spacial score (nSPS) is 17.5. The van der Waals surface area contributed by atoms with Gasteiger partial charge in [0.1, 0.15) is 11.3 Å². The summed E-state index contributed by atoms with van der Waals surface area (Å²) in [6.45, 7) is 3.69. The zero-order valence-electron chi connectivity index (χ0n) is 18.2. The Kier molecular flexibility index (Phi) is 6.14. The first-order valence-electron chi connectivity index (χ1n) is 10.8. The number of aromatic amines is 1. The lowest BCUT2D eigenvalue weighted by molar-refractivity contribution is 0.0556. The number of imidazole rings is 1. The van der Waals surface area contributed by atoms with Crippen LogP contribution in [0.3, 0.4) is 0 Å². The molecule has 1 aliphatic rings. The first-order valence-corrected chi connectivity index (χ1v) is 12.3. The average molecular weight is 443 g/mol. The van der Waals surface area contributed by atoms with Gasteiger partial charge in [0.25, 0.3) is 0 Å². The number of sulfonamides is 1. The molecule has 0 spiro atoms. The Morgan fingerprint density at radius 1 is 1.19 bits per heavy atom. The van der Waals surface area contributed by atoms with Gasteiger partial charge in [-0.15, -0.1) is 0 Å². The molecule has 2 N–H and O–H groups in total. The number of hydrogen-bond donors (Lipinski definition) is 2. The van der Waals surface area contributed by atoms with Gasteiger partial charge in [-0.25, -0.2) is 13.4 Å². The number of hydrogen-bond acceptors (Lipinski definition) is 5. The first-order chi connectivity index (χ1) is 14.8. The van der Waals surface area contributed by atoms with Gasteiger partial charge >= 0.3 is 0 Å². The zero-order chi connectivity index (χ0) is 22.2. The molecule has 2 heterocycles. The first kappa shape index (κ1) is 21.9. The van der Waals surface area contributed by atoms with Crippen LogP contribution < -0.4 is 0 Å². The maximum Gasteiger partial charge on any atom is 0.243 e. The predicted molar refractivity (Wildman–Crippen MR) is 120 cm³/mol. The standard InChI is InChI=1S/C23H30N4O3S/c1-15(23(28)18-6-4-5-7-18)27(3)31(29,30)19-10-8-17(9-11-19)14-21-22-20(12-13-24-21)25-16(2)26-22/h8-13,15,18,23,28H,4-7,14H2,1-3H3,(H,25,26)/t15-,23?/m0/s1. The summed E-state index contributed by atoms with van der Waals surface area (Å²) < 4.78 is 27.6. The molecule has 3 aromatic rings. The Hall–Kier alpha value is -2.29. The maximum absolute atomic E-state index is 13.1. The van der Waals surface area contributed by atoms with E-state index in [1.807, 2.05) is 25.1 Å². The number of fused-ring (bicyclic) bond motifs is 1. The molecule has 1 fully saturated rings. The van der Waals surface area contributed by atoms with Crippen LogP contribution in [-0.4, -0.2) is 52.0 Å². The molecule has 8 heteroatoms. The van der Waals surface area contributed by atoms with Gasteiger partial charge in [-0.2, -0.15) is 4.31 Å². The molecule has 4 rings (SSSR count). The van der Waals surface area contributed by atoms with Crippen LogP contribution in [0.15, 0.2) is 41.4 Å². The molecule has 166 valence electrons. The Morgan fingerprint density at radius 2 is 1.87 bits per heavy atom. The lowest BCUT2D eigenvalue weighted by atomic mass is 9.96. The number of aryl methyl sites for hydroxylation is 1. The molecular weight excluding hydrogens is 412 g/mol. The highest BCUT2D eigenvalue weighted by Crippen LogP contribution is 2.31. The molecule has 2 atom stereocenters. The third-order valence-corrected chi connectivity index (χ3v) is 8.48. The third kappa shape index (κ3) is 4.37. The van der Waals surface area contributed by atoms with Crippen LogP contribution in [-0.2, 0) is 16.4 Å². The van der Waals surface area contributed by atoms with Gasteiger partial charge in [-0.3, -0.25) is 4.98 Å². The second kappa shape index (κ2) is 8.68. The topological polar surface area (TPSA) is 99.2 Å². The van der Waals surface area contributed by atoms with Crippen LogP contribution in [0.2, 0.25) is 0 Å². The van der Waals surface area contributed by atoms with E-state index in [9.17, 15) is 13.5 Å². The lowest BCUT2D eigenvalue weighted by Crippen LogP contribution is -2.45. The molecule has 1 aromatic carbocycles. The lowest BCUT2D eigenvalue weighted by Gasteiger charge is -2.31. The van der Waals surface area contributed by atoms with Gasteiger partial charge in [-0.05, 0) is 56.4 Å². The van der Waals surface area contributed by atoms with Crippen molar-refractivity contribution in [3.63, 3.8) is 0 Å². The highest BCUT2D eigenvalue weighted by Gasteiger charge is 2.34. The van der Waals surface area contributed by atoms with Gasteiger partial charge in [0, 0.05) is 25.7 Å². The Morgan fingerprint density at radius 3 is 2.55 bits per heavy atom. The van der Waals surface area contributed by atoms with Crippen LogP contribution >= 0.6 is 0 Å². The molecular formula is C23H30N4O3S. The third-order valence-electron chi connectivity index (χ3n) is 6.52. The summed E-state index contributed by atoms with van der Waals surface area (Å²) in [4.78, 5) is 12.4.